The van der Waals surface area contributed by atoms with Gasteiger partial charge >= 0.3 is 0 Å². The molecule has 6 heteroatoms. The van der Waals surface area contributed by atoms with E-state index in [-0.39, 0.29) is 17.9 Å². The Morgan fingerprint density at radius 3 is 1.72 bits per heavy atom. The van der Waals surface area contributed by atoms with Gasteiger partial charge in [0.05, 0.1) is 6.26 Å². The normalized spacial score (nSPS) is 12.4. The van der Waals surface area contributed by atoms with E-state index in [2.05, 4.69) is 34.3 Å². The first-order valence-corrected chi connectivity index (χ1v) is 11.2. The summed E-state index contributed by atoms with van der Waals surface area (Å²) in [4.78, 5) is 12.8. The van der Waals surface area contributed by atoms with Crippen molar-refractivity contribution in [3.8, 4) is 0 Å². The Hall–Kier alpha value is -3.12. The predicted molar refractivity (Wildman–Crippen MR) is 117 cm³/mol. The summed E-state index contributed by atoms with van der Waals surface area (Å²) in [5.41, 5.74) is 3.14. The van der Waals surface area contributed by atoms with Crippen LogP contribution in [0.5, 0.6) is 0 Å². The van der Waals surface area contributed by atoms with Crippen LogP contribution in [0.3, 0.4) is 0 Å². The monoisotopic (exact) mass is 408 g/mol. The van der Waals surface area contributed by atoms with Crippen molar-refractivity contribution in [3.63, 3.8) is 0 Å². The van der Waals surface area contributed by atoms with E-state index in [1.54, 1.807) is 24.3 Å². The lowest BCUT2D eigenvalue weighted by molar-refractivity contribution is 0.0937. The summed E-state index contributed by atoms with van der Waals surface area (Å²) in [6.07, 6.45) is 1.09. The predicted octanol–water partition coefficient (Wildman–Crippen LogP) is 4.01. The van der Waals surface area contributed by atoms with Crippen molar-refractivity contribution >= 4 is 21.6 Å². The van der Waals surface area contributed by atoms with E-state index in [0.29, 0.717) is 11.3 Å². The number of sulfonamides is 1. The van der Waals surface area contributed by atoms with Crippen molar-refractivity contribution in [1.29, 1.82) is 0 Å². The van der Waals surface area contributed by atoms with E-state index >= 15 is 0 Å². The lowest BCUT2D eigenvalue weighted by Crippen LogP contribution is -2.37. The smallest absolute Gasteiger partial charge is 0.251 e. The summed E-state index contributed by atoms with van der Waals surface area (Å²) in [6, 6.07) is 26.4. The molecule has 0 heterocycles. The maximum Gasteiger partial charge on any atom is 0.251 e. The van der Waals surface area contributed by atoms with Crippen LogP contribution < -0.4 is 10.0 Å². The number of carbonyl (C=O) groups excluding carboxylic acids is 1. The first kappa shape index (κ1) is 20.6. The molecule has 3 rings (SSSR count). The third kappa shape index (κ3) is 5.68. The van der Waals surface area contributed by atoms with Gasteiger partial charge in [0.2, 0.25) is 10.0 Å². The Kier molecular flexibility index (Phi) is 6.34. The van der Waals surface area contributed by atoms with Gasteiger partial charge in [-0.3, -0.25) is 9.52 Å². The molecule has 0 aliphatic rings. The second kappa shape index (κ2) is 8.92. The highest BCUT2D eigenvalue weighted by Crippen LogP contribution is 2.28. The molecule has 1 amide bonds. The number of rotatable bonds is 7. The first-order chi connectivity index (χ1) is 13.8. The van der Waals surface area contributed by atoms with Crippen molar-refractivity contribution in [2.45, 2.75) is 18.9 Å². The highest BCUT2D eigenvalue weighted by atomic mass is 32.2. The van der Waals surface area contributed by atoms with E-state index in [4.69, 9.17) is 0 Å². The molecule has 29 heavy (non-hydrogen) atoms. The highest BCUT2D eigenvalue weighted by Gasteiger charge is 2.23. The molecule has 0 bridgehead atoms. The van der Waals surface area contributed by atoms with Crippen LogP contribution in [0.1, 0.15) is 34.3 Å². The van der Waals surface area contributed by atoms with Gasteiger partial charge in [-0.1, -0.05) is 60.7 Å². The summed E-state index contributed by atoms with van der Waals surface area (Å²) in [6.45, 7) is 1.99. The van der Waals surface area contributed by atoms with Gasteiger partial charge in [-0.2, -0.15) is 0 Å². The summed E-state index contributed by atoms with van der Waals surface area (Å²) >= 11 is 0. The molecule has 0 aliphatic carbocycles. The minimum Gasteiger partial charge on any atom is -0.349 e. The van der Waals surface area contributed by atoms with Gasteiger partial charge in [-0.25, -0.2) is 8.42 Å². The van der Waals surface area contributed by atoms with Gasteiger partial charge in [0.1, 0.15) is 0 Å². The van der Waals surface area contributed by atoms with Crippen molar-refractivity contribution in [2.24, 2.45) is 0 Å². The van der Waals surface area contributed by atoms with Crippen LogP contribution in [0.15, 0.2) is 84.9 Å². The van der Waals surface area contributed by atoms with Crippen LogP contribution in [-0.4, -0.2) is 26.6 Å². The highest BCUT2D eigenvalue weighted by molar-refractivity contribution is 7.92. The Morgan fingerprint density at radius 2 is 1.28 bits per heavy atom. The van der Waals surface area contributed by atoms with Gasteiger partial charge < -0.3 is 5.32 Å². The number of nitrogens with one attached hydrogen (secondary N) is 2. The van der Waals surface area contributed by atoms with Gasteiger partial charge in [0.25, 0.3) is 5.91 Å². The maximum atomic E-state index is 12.8. The fourth-order valence-electron chi connectivity index (χ4n) is 3.37. The third-order valence-electron chi connectivity index (χ3n) is 4.63. The van der Waals surface area contributed by atoms with Crippen molar-refractivity contribution in [1.82, 2.24) is 5.32 Å². The molecule has 0 saturated heterocycles. The summed E-state index contributed by atoms with van der Waals surface area (Å²) in [5.74, 6) is -0.201. The maximum absolute atomic E-state index is 12.8. The molecule has 0 aromatic heterocycles. The van der Waals surface area contributed by atoms with Gasteiger partial charge in [-0.05, 0) is 42.3 Å². The minimum absolute atomic E-state index is 0.00697. The van der Waals surface area contributed by atoms with Crippen LogP contribution in [0.2, 0.25) is 0 Å². The van der Waals surface area contributed by atoms with Crippen LogP contribution in [0.4, 0.5) is 5.69 Å². The molecule has 150 valence electrons. The molecule has 0 fully saturated rings. The van der Waals surface area contributed by atoms with E-state index in [0.717, 1.165) is 17.4 Å². The number of hydrogen-bond donors (Lipinski definition) is 2. The summed E-state index contributed by atoms with van der Waals surface area (Å²) < 4.78 is 25.0. The molecule has 3 aromatic carbocycles. The zero-order valence-corrected chi connectivity index (χ0v) is 17.2. The largest absolute Gasteiger partial charge is 0.349 e. The second-order valence-electron chi connectivity index (χ2n) is 7.01. The number of hydrogen-bond acceptors (Lipinski definition) is 3. The quantitative estimate of drug-likeness (QED) is 0.620. The Bertz CT molecular complexity index is 1010. The molecule has 0 aliphatic heterocycles. The zero-order valence-electron chi connectivity index (χ0n) is 16.4. The number of amides is 1. The average molecular weight is 409 g/mol. The molecule has 0 spiro atoms. The molecule has 0 unspecified atom stereocenters. The fourth-order valence-corrected chi connectivity index (χ4v) is 3.93. The SMILES string of the molecule is C[C@H](NC(=O)c1ccc(NS(C)(=O)=O)cc1)C(c1ccccc1)c1ccccc1. The van der Waals surface area contributed by atoms with Gasteiger partial charge in [-0.15, -0.1) is 0 Å². The topological polar surface area (TPSA) is 75.3 Å². The number of benzene rings is 3. The van der Waals surface area contributed by atoms with E-state index in [1.165, 1.54) is 0 Å². The van der Waals surface area contributed by atoms with Crippen molar-refractivity contribution < 1.29 is 13.2 Å². The molecule has 0 saturated carbocycles. The average Bonchev–Trinajstić information content (AvgIpc) is 2.69. The van der Waals surface area contributed by atoms with Crippen LogP contribution >= 0.6 is 0 Å². The second-order valence-corrected chi connectivity index (χ2v) is 8.76. The molecule has 2 N–H and O–H groups in total. The Morgan fingerprint density at radius 1 is 0.793 bits per heavy atom. The van der Waals surface area contributed by atoms with E-state index in [9.17, 15) is 13.2 Å². The van der Waals surface area contributed by atoms with Crippen molar-refractivity contribution in [3.05, 3.63) is 102 Å². The van der Waals surface area contributed by atoms with Gasteiger partial charge in [0, 0.05) is 23.2 Å². The van der Waals surface area contributed by atoms with Crippen LogP contribution in [0, 0.1) is 0 Å². The molecule has 5 nitrogen and oxygen atoms in total. The molecule has 0 radical (unpaired) electrons. The van der Waals surface area contributed by atoms with Crippen molar-refractivity contribution in [2.75, 3.05) is 11.0 Å². The van der Waals surface area contributed by atoms with E-state index < -0.39 is 10.0 Å². The molecule has 3 aromatic rings. The number of carbonyl (C=O) groups is 1. The lowest BCUT2D eigenvalue weighted by atomic mass is 9.85. The minimum atomic E-state index is -3.35. The summed E-state index contributed by atoms with van der Waals surface area (Å²) in [5, 5.41) is 3.08. The van der Waals surface area contributed by atoms with Crippen LogP contribution in [0.25, 0.3) is 0 Å². The zero-order chi connectivity index (χ0) is 20.9. The van der Waals surface area contributed by atoms with E-state index in [1.807, 2.05) is 43.3 Å². The van der Waals surface area contributed by atoms with Crippen LogP contribution in [-0.2, 0) is 10.0 Å². The summed E-state index contributed by atoms with van der Waals surface area (Å²) in [7, 11) is -3.35. The Balaban J connectivity index is 1.79. The fraction of sp³-hybridized carbons (Fsp3) is 0.174. The molecule has 1 atom stereocenters. The molecular formula is C23H24N2O3S. The first-order valence-electron chi connectivity index (χ1n) is 9.32. The third-order valence-corrected chi connectivity index (χ3v) is 5.23. The molecular weight excluding hydrogens is 384 g/mol. The number of anilines is 1. The Labute approximate surface area is 171 Å². The standard InChI is InChI=1S/C23H24N2O3S/c1-17(22(18-9-5-3-6-10-18)19-11-7-4-8-12-19)24-23(26)20-13-15-21(16-14-20)25-29(2,27)28/h3-17,22,25H,1-2H3,(H,24,26)/t17-/m0/s1. The van der Waals surface area contributed by atoms with Gasteiger partial charge in [0.15, 0.2) is 0 Å². The lowest BCUT2D eigenvalue weighted by Gasteiger charge is -2.26.